The summed E-state index contributed by atoms with van der Waals surface area (Å²) in [6.45, 7) is 3.46. The fraction of sp³-hybridized carbons (Fsp3) is 0.727. The third-order valence-electron chi connectivity index (χ3n) is 3.05. The van der Waals surface area contributed by atoms with E-state index in [1.165, 1.54) is 17.8 Å². The molecule has 18 heavy (non-hydrogen) atoms. The summed E-state index contributed by atoms with van der Waals surface area (Å²) in [5.74, 6) is 0. The van der Waals surface area contributed by atoms with Gasteiger partial charge in [-0.1, -0.05) is 17.8 Å². The van der Waals surface area contributed by atoms with Gasteiger partial charge in [0.2, 0.25) is 0 Å². The van der Waals surface area contributed by atoms with Gasteiger partial charge in [0.1, 0.15) is 35.9 Å². The Bertz CT molecular complexity index is 363. The average molecular weight is 274 g/mol. The van der Waals surface area contributed by atoms with Crippen molar-refractivity contribution in [3.63, 3.8) is 0 Å². The SMILES string of the molecule is C=C[C@@H](O)[C@H]1O[C@@H]2SC(N(C)C)=N[C@@H]2[C@@H](O)[C@@H]1O. The van der Waals surface area contributed by atoms with Crippen molar-refractivity contribution in [1.29, 1.82) is 0 Å². The second-order valence-electron chi connectivity index (χ2n) is 4.59. The number of thioether (sulfide) groups is 1. The Morgan fingerprint density at radius 3 is 2.67 bits per heavy atom. The van der Waals surface area contributed by atoms with Crippen LogP contribution in [0.3, 0.4) is 0 Å². The van der Waals surface area contributed by atoms with E-state index in [-0.39, 0.29) is 5.44 Å². The highest BCUT2D eigenvalue weighted by molar-refractivity contribution is 8.14. The first kappa shape index (κ1) is 13.8. The van der Waals surface area contributed by atoms with Gasteiger partial charge in [0, 0.05) is 14.1 Å². The summed E-state index contributed by atoms with van der Waals surface area (Å²) < 4.78 is 5.62. The molecule has 7 heteroatoms. The van der Waals surface area contributed by atoms with Crippen LogP contribution in [-0.4, -0.2) is 75.4 Å². The average Bonchev–Trinajstić information content (AvgIpc) is 2.77. The van der Waals surface area contributed by atoms with Crippen molar-refractivity contribution >= 4 is 16.9 Å². The van der Waals surface area contributed by atoms with Crippen LogP contribution < -0.4 is 0 Å². The molecule has 2 rings (SSSR count). The van der Waals surface area contributed by atoms with Gasteiger partial charge in [0.15, 0.2) is 5.17 Å². The van der Waals surface area contributed by atoms with E-state index in [2.05, 4.69) is 11.6 Å². The highest BCUT2D eigenvalue weighted by Gasteiger charge is 2.49. The van der Waals surface area contributed by atoms with Gasteiger partial charge >= 0.3 is 0 Å². The van der Waals surface area contributed by atoms with E-state index >= 15 is 0 Å². The number of ether oxygens (including phenoxy) is 1. The number of nitrogens with zero attached hydrogens (tertiary/aromatic N) is 2. The number of aliphatic hydroxyl groups excluding tert-OH is 3. The fourth-order valence-electron chi connectivity index (χ4n) is 2.01. The maximum atomic E-state index is 10.0. The molecule has 0 aromatic carbocycles. The lowest BCUT2D eigenvalue weighted by Gasteiger charge is -2.39. The largest absolute Gasteiger partial charge is 0.388 e. The lowest BCUT2D eigenvalue weighted by Crippen LogP contribution is -2.57. The highest BCUT2D eigenvalue weighted by Crippen LogP contribution is 2.37. The molecule has 0 aromatic rings. The maximum Gasteiger partial charge on any atom is 0.161 e. The van der Waals surface area contributed by atoms with Crippen LogP contribution in [0.15, 0.2) is 17.6 Å². The van der Waals surface area contributed by atoms with Gasteiger partial charge in [-0.2, -0.15) is 0 Å². The molecule has 6 nitrogen and oxygen atoms in total. The molecule has 0 unspecified atom stereocenters. The molecule has 0 bridgehead atoms. The van der Waals surface area contributed by atoms with Gasteiger partial charge in [-0.05, 0) is 0 Å². The van der Waals surface area contributed by atoms with E-state index in [0.717, 1.165) is 5.17 Å². The summed E-state index contributed by atoms with van der Waals surface area (Å²) in [4.78, 5) is 6.15. The topological polar surface area (TPSA) is 85.5 Å². The van der Waals surface area contributed by atoms with Crippen molar-refractivity contribution in [2.45, 2.75) is 35.9 Å². The quantitative estimate of drug-likeness (QED) is 0.561. The van der Waals surface area contributed by atoms with Crippen molar-refractivity contribution in [3.05, 3.63) is 12.7 Å². The zero-order valence-corrected chi connectivity index (χ0v) is 11.1. The molecule has 2 aliphatic heterocycles. The van der Waals surface area contributed by atoms with E-state index in [4.69, 9.17) is 4.74 Å². The van der Waals surface area contributed by atoms with Crippen LogP contribution >= 0.6 is 11.8 Å². The van der Waals surface area contributed by atoms with Crippen molar-refractivity contribution in [2.75, 3.05) is 14.1 Å². The molecule has 0 saturated carbocycles. The number of fused-ring (bicyclic) bond motifs is 1. The van der Waals surface area contributed by atoms with Crippen LogP contribution in [-0.2, 0) is 4.74 Å². The van der Waals surface area contributed by atoms with Crippen LogP contribution in [0.5, 0.6) is 0 Å². The Morgan fingerprint density at radius 1 is 1.44 bits per heavy atom. The van der Waals surface area contributed by atoms with E-state index in [1.807, 2.05) is 19.0 Å². The van der Waals surface area contributed by atoms with Crippen LogP contribution in [0.25, 0.3) is 0 Å². The Morgan fingerprint density at radius 2 is 2.11 bits per heavy atom. The Hall–Kier alpha value is -0.600. The second kappa shape index (κ2) is 5.18. The predicted molar refractivity (Wildman–Crippen MR) is 69.4 cm³/mol. The first-order valence-electron chi connectivity index (χ1n) is 5.69. The van der Waals surface area contributed by atoms with Gasteiger partial charge in [0.25, 0.3) is 0 Å². The molecule has 6 atom stereocenters. The molecule has 0 aliphatic carbocycles. The monoisotopic (exact) mass is 274 g/mol. The molecule has 2 heterocycles. The summed E-state index contributed by atoms with van der Waals surface area (Å²) in [7, 11) is 3.70. The molecular weight excluding hydrogens is 256 g/mol. The number of aliphatic imine (C=N–C) groups is 1. The van der Waals surface area contributed by atoms with E-state index in [9.17, 15) is 15.3 Å². The molecule has 0 aromatic heterocycles. The molecule has 102 valence electrons. The molecule has 2 aliphatic rings. The van der Waals surface area contributed by atoms with Crippen molar-refractivity contribution in [1.82, 2.24) is 4.90 Å². The summed E-state index contributed by atoms with van der Waals surface area (Å²) in [6, 6.07) is -0.504. The maximum absolute atomic E-state index is 10.0. The smallest absolute Gasteiger partial charge is 0.161 e. The third kappa shape index (κ3) is 2.28. The van der Waals surface area contributed by atoms with Gasteiger partial charge in [0.05, 0.1) is 0 Å². The molecule has 3 N–H and O–H groups in total. The minimum Gasteiger partial charge on any atom is -0.388 e. The van der Waals surface area contributed by atoms with Crippen LogP contribution in [0.4, 0.5) is 0 Å². The molecule has 0 radical (unpaired) electrons. The molecule has 1 fully saturated rings. The van der Waals surface area contributed by atoms with Crippen molar-refractivity contribution < 1.29 is 20.1 Å². The van der Waals surface area contributed by atoms with E-state index < -0.39 is 30.5 Å². The first-order valence-corrected chi connectivity index (χ1v) is 6.57. The Balaban J connectivity index is 2.16. The Labute approximate surface area is 110 Å². The molecule has 0 amide bonds. The van der Waals surface area contributed by atoms with Crippen LogP contribution in [0, 0.1) is 0 Å². The molecular formula is C11H18N2O4S. The number of aliphatic hydroxyl groups is 3. The van der Waals surface area contributed by atoms with Gasteiger partial charge in [-0.3, -0.25) is 4.99 Å². The summed E-state index contributed by atoms with van der Waals surface area (Å²) >= 11 is 1.38. The lowest BCUT2D eigenvalue weighted by molar-refractivity contribution is -0.176. The van der Waals surface area contributed by atoms with E-state index in [1.54, 1.807) is 0 Å². The van der Waals surface area contributed by atoms with Gasteiger partial charge in [-0.25, -0.2) is 0 Å². The van der Waals surface area contributed by atoms with Gasteiger partial charge in [-0.15, -0.1) is 6.58 Å². The predicted octanol–water partition coefficient (Wildman–Crippen LogP) is -0.987. The van der Waals surface area contributed by atoms with Crippen molar-refractivity contribution in [2.24, 2.45) is 4.99 Å². The second-order valence-corrected chi connectivity index (χ2v) is 5.66. The first-order chi connectivity index (χ1) is 8.45. The summed E-state index contributed by atoms with van der Waals surface area (Å²) in [5, 5.41) is 30.4. The van der Waals surface area contributed by atoms with Gasteiger partial charge < -0.3 is 25.0 Å². The fourth-order valence-corrected chi connectivity index (χ4v) is 3.15. The number of hydrogen-bond donors (Lipinski definition) is 3. The zero-order valence-electron chi connectivity index (χ0n) is 10.3. The Kier molecular flexibility index (Phi) is 3.98. The third-order valence-corrected chi connectivity index (χ3v) is 4.35. The van der Waals surface area contributed by atoms with Crippen molar-refractivity contribution in [3.8, 4) is 0 Å². The molecule has 0 spiro atoms. The minimum absolute atomic E-state index is 0.389. The van der Waals surface area contributed by atoms with Crippen LogP contribution in [0.1, 0.15) is 0 Å². The summed E-state index contributed by atoms with van der Waals surface area (Å²) in [6.07, 6.45) is -2.82. The highest BCUT2D eigenvalue weighted by atomic mass is 32.2. The summed E-state index contributed by atoms with van der Waals surface area (Å²) in [5.41, 5.74) is -0.389. The number of hydrogen-bond acceptors (Lipinski definition) is 7. The zero-order chi connectivity index (χ0) is 13.4. The van der Waals surface area contributed by atoms with E-state index in [0.29, 0.717) is 0 Å². The molecule has 1 saturated heterocycles. The lowest BCUT2D eigenvalue weighted by atomic mass is 9.95. The minimum atomic E-state index is -1.18. The van der Waals surface area contributed by atoms with Crippen LogP contribution in [0.2, 0.25) is 0 Å². The number of rotatable bonds is 2. The normalized spacial score (nSPS) is 40.9. The number of amidine groups is 1. The standard InChI is InChI=1S/C11H18N2O4S/c1-4-5(14)9-8(16)7(15)6-10(17-9)18-11(12-6)13(2)3/h4-10,14-16H,1H2,2-3H3/t5-,6-,7-,8+,9-,10-/m1/s1.